The molecule has 0 aromatic rings. The van der Waals surface area contributed by atoms with Crippen LogP contribution in [0.4, 0.5) is 31.1 Å². The fraction of sp³-hybridized carbons (Fsp3) is 0.533. The first-order valence-corrected chi connectivity index (χ1v) is 7.28. The van der Waals surface area contributed by atoms with E-state index in [0.717, 1.165) is 19.1 Å². The summed E-state index contributed by atoms with van der Waals surface area (Å²) in [7, 11) is 0. The smallest absolute Gasteiger partial charge is 0.408 e. The van der Waals surface area contributed by atoms with Crippen molar-refractivity contribution in [1.82, 2.24) is 5.32 Å². The van der Waals surface area contributed by atoms with Gasteiger partial charge in [0, 0.05) is 12.2 Å². The van der Waals surface area contributed by atoms with Crippen LogP contribution in [0.15, 0.2) is 25.3 Å². The zero-order valence-electron chi connectivity index (χ0n) is 14.5. The zero-order chi connectivity index (χ0) is 22.2. The molecule has 0 spiro atoms. The van der Waals surface area contributed by atoms with Crippen molar-refractivity contribution in [2.75, 3.05) is 19.8 Å². The monoisotopic (exact) mass is 421 g/mol. The Balaban J connectivity index is 5.07. The first-order chi connectivity index (χ1) is 12.7. The maximum absolute atomic E-state index is 13.1. The highest BCUT2D eigenvalue weighted by molar-refractivity contribution is 5.82. The number of nitrogens with one attached hydrogen (secondary N) is 1. The van der Waals surface area contributed by atoms with E-state index in [-0.39, 0.29) is 0 Å². The second kappa shape index (κ2) is 9.99. The van der Waals surface area contributed by atoms with Gasteiger partial charge in [-0.05, 0) is 6.92 Å². The summed E-state index contributed by atoms with van der Waals surface area (Å²) in [6, 6.07) is 0. The topological polar surface area (TPSA) is 90.9 Å². The molecule has 13 heteroatoms. The molecule has 0 heterocycles. The van der Waals surface area contributed by atoms with Gasteiger partial charge in [0.15, 0.2) is 6.61 Å². The fourth-order valence-corrected chi connectivity index (χ4v) is 1.39. The summed E-state index contributed by atoms with van der Waals surface area (Å²) in [6.45, 7) is 3.59. The van der Waals surface area contributed by atoms with E-state index in [4.69, 9.17) is 0 Å². The lowest BCUT2D eigenvalue weighted by molar-refractivity contribution is -0.274. The summed E-state index contributed by atoms with van der Waals surface area (Å²) < 4.78 is 89.0. The number of hydrogen-bond acceptors (Lipinski definition) is 6. The molecule has 1 amide bonds. The van der Waals surface area contributed by atoms with Crippen molar-refractivity contribution in [3.63, 3.8) is 0 Å². The predicted octanol–water partition coefficient (Wildman–Crippen LogP) is 2.47. The summed E-state index contributed by atoms with van der Waals surface area (Å²) in [5, 5.41) is 1.86. The van der Waals surface area contributed by atoms with E-state index >= 15 is 0 Å². The molecule has 0 aromatic carbocycles. The molecule has 0 saturated heterocycles. The highest BCUT2D eigenvalue weighted by Crippen LogP contribution is 2.39. The molecule has 1 N–H and O–H groups in total. The van der Waals surface area contributed by atoms with Gasteiger partial charge in [0.05, 0.1) is 0 Å². The Morgan fingerprint density at radius 1 is 0.929 bits per heavy atom. The minimum Gasteiger partial charge on any atom is -0.460 e. The third-order valence-electron chi connectivity index (χ3n) is 2.95. The summed E-state index contributed by atoms with van der Waals surface area (Å²) in [4.78, 5) is 33.8. The van der Waals surface area contributed by atoms with Gasteiger partial charge >= 0.3 is 36.3 Å². The summed E-state index contributed by atoms with van der Waals surface area (Å²) >= 11 is 0. The second-order valence-electron chi connectivity index (χ2n) is 5.51. The molecule has 0 aromatic heterocycles. The van der Waals surface area contributed by atoms with Crippen molar-refractivity contribution in [3.8, 4) is 0 Å². The summed E-state index contributed by atoms with van der Waals surface area (Å²) in [6.07, 6.45) is -4.95. The lowest BCUT2D eigenvalue weighted by atomic mass is 10.1. The van der Waals surface area contributed by atoms with Gasteiger partial charge in [0.2, 0.25) is 0 Å². The van der Waals surface area contributed by atoms with Crippen LogP contribution in [0.25, 0.3) is 0 Å². The van der Waals surface area contributed by atoms with Gasteiger partial charge in [-0.3, -0.25) is 0 Å². The lowest BCUT2D eigenvalue weighted by Gasteiger charge is -2.30. The molecule has 0 saturated carbocycles. The Labute approximate surface area is 155 Å². The fourth-order valence-electron chi connectivity index (χ4n) is 1.39. The number of ether oxygens (including phenoxy) is 3. The number of halogens is 6. The van der Waals surface area contributed by atoms with Gasteiger partial charge in [-0.2, -0.15) is 17.6 Å². The molecule has 0 atom stereocenters. The van der Waals surface area contributed by atoms with Crippen LogP contribution in [0.5, 0.6) is 0 Å². The van der Waals surface area contributed by atoms with E-state index < -0.39 is 61.7 Å². The van der Waals surface area contributed by atoms with E-state index in [9.17, 15) is 40.7 Å². The minimum atomic E-state index is -5.74. The van der Waals surface area contributed by atoms with Crippen LogP contribution in [0.1, 0.15) is 6.92 Å². The minimum absolute atomic E-state index is 0.680. The summed E-state index contributed by atoms with van der Waals surface area (Å²) in [5.41, 5.74) is -1.76. The van der Waals surface area contributed by atoms with Gasteiger partial charge < -0.3 is 19.5 Å². The molecule has 0 aliphatic carbocycles. The van der Waals surface area contributed by atoms with Gasteiger partial charge in [-0.1, -0.05) is 13.2 Å². The van der Waals surface area contributed by atoms with Crippen molar-refractivity contribution in [3.05, 3.63) is 25.3 Å². The molecule has 0 fully saturated rings. The maximum atomic E-state index is 13.1. The normalized spacial score (nSPS) is 12.1. The highest BCUT2D eigenvalue weighted by Gasteiger charge is 2.63. The molecule has 0 aliphatic heterocycles. The predicted molar refractivity (Wildman–Crippen MR) is 81.1 cm³/mol. The van der Waals surface area contributed by atoms with Gasteiger partial charge in [0.1, 0.15) is 18.8 Å². The van der Waals surface area contributed by atoms with Crippen molar-refractivity contribution in [1.29, 1.82) is 0 Å². The molecule has 0 rings (SSSR count). The van der Waals surface area contributed by atoms with Crippen molar-refractivity contribution in [2.45, 2.75) is 30.7 Å². The molecule has 0 bridgehead atoms. The van der Waals surface area contributed by atoms with Crippen molar-refractivity contribution >= 4 is 18.0 Å². The number of carbonyl (C=O) groups excluding carboxylic acids is 3. The van der Waals surface area contributed by atoms with Crippen LogP contribution in [0.2, 0.25) is 0 Å². The third-order valence-corrected chi connectivity index (χ3v) is 2.95. The van der Waals surface area contributed by atoms with Gasteiger partial charge in [-0.15, -0.1) is 0 Å². The molecule has 0 aliphatic rings. The highest BCUT2D eigenvalue weighted by atomic mass is 19.3. The SMILES string of the molecule is C=CC(=O)OCC(C)(COC(=O)C=C)NC(=O)OCC(F)(F)C(F)(F)C(F)F. The Morgan fingerprint density at radius 2 is 1.36 bits per heavy atom. The standard InChI is InChI=1S/C15H17F6NO6/c1-4-9(23)26-6-13(3,7-27-10(24)5-2)22-12(25)28-8-14(18,19)15(20,21)11(16)17/h4-5,11H,1-2,6-8H2,3H3,(H,22,25). The largest absolute Gasteiger partial charge is 0.460 e. The maximum Gasteiger partial charge on any atom is 0.408 e. The molecular weight excluding hydrogens is 404 g/mol. The molecule has 0 unspecified atom stereocenters. The van der Waals surface area contributed by atoms with Crippen LogP contribution in [-0.2, 0) is 23.8 Å². The van der Waals surface area contributed by atoms with Crippen LogP contribution < -0.4 is 5.32 Å². The van der Waals surface area contributed by atoms with Crippen LogP contribution in [0, 0.1) is 0 Å². The van der Waals surface area contributed by atoms with Crippen LogP contribution >= 0.6 is 0 Å². The van der Waals surface area contributed by atoms with Crippen molar-refractivity contribution < 1.29 is 54.9 Å². The average Bonchev–Trinajstić information content (AvgIpc) is 2.62. The lowest BCUT2D eigenvalue weighted by Crippen LogP contribution is -2.55. The molecule has 7 nitrogen and oxygen atoms in total. The Kier molecular flexibility index (Phi) is 9.02. The van der Waals surface area contributed by atoms with Crippen molar-refractivity contribution in [2.24, 2.45) is 0 Å². The molecular formula is C15H17F6NO6. The van der Waals surface area contributed by atoms with E-state index in [1.165, 1.54) is 0 Å². The average molecular weight is 421 g/mol. The Morgan fingerprint density at radius 3 is 1.71 bits per heavy atom. The van der Waals surface area contributed by atoms with E-state index in [2.05, 4.69) is 27.4 Å². The van der Waals surface area contributed by atoms with E-state index in [1.807, 2.05) is 5.32 Å². The molecule has 28 heavy (non-hydrogen) atoms. The number of carbonyl (C=O) groups is 3. The summed E-state index contributed by atoms with van der Waals surface area (Å²) in [5.74, 6) is -13.0. The third kappa shape index (κ3) is 7.48. The van der Waals surface area contributed by atoms with Gasteiger partial charge in [-0.25, -0.2) is 23.2 Å². The Hall–Kier alpha value is -2.73. The number of alkyl carbamates (subject to hydrolysis) is 1. The number of hydrogen-bond donors (Lipinski definition) is 1. The number of amides is 1. The number of alkyl halides is 6. The zero-order valence-corrected chi connectivity index (χ0v) is 14.5. The number of rotatable bonds is 11. The van der Waals surface area contributed by atoms with Crippen LogP contribution in [0.3, 0.4) is 0 Å². The number of esters is 2. The first-order valence-electron chi connectivity index (χ1n) is 7.28. The Bertz CT molecular complexity index is 586. The van der Waals surface area contributed by atoms with E-state index in [1.54, 1.807) is 0 Å². The molecule has 160 valence electrons. The van der Waals surface area contributed by atoms with E-state index in [0.29, 0.717) is 0 Å². The van der Waals surface area contributed by atoms with Gasteiger partial charge in [0.25, 0.3) is 0 Å². The quantitative estimate of drug-likeness (QED) is 0.239. The molecule has 0 radical (unpaired) electrons. The second-order valence-corrected chi connectivity index (χ2v) is 5.51. The van der Waals surface area contributed by atoms with Crippen LogP contribution in [-0.4, -0.2) is 61.7 Å². The first kappa shape index (κ1) is 25.3.